The molecule has 1 heterocycles. The zero-order valence-corrected chi connectivity index (χ0v) is 12.1. The molecule has 0 bridgehead atoms. The van der Waals surface area contributed by atoms with Crippen molar-refractivity contribution in [3.63, 3.8) is 0 Å². The first-order chi connectivity index (χ1) is 9.74. The zero-order valence-electron chi connectivity index (χ0n) is 12.1. The molecule has 2 heteroatoms. The van der Waals surface area contributed by atoms with Crippen molar-refractivity contribution in [1.82, 2.24) is 5.32 Å². The predicted octanol–water partition coefficient (Wildman–Crippen LogP) is 3.78. The lowest BCUT2D eigenvalue weighted by atomic mass is 10.0. The molecule has 1 aliphatic heterocycles. The molecule has 2 nitrogen and oxygen atoms in total. The van der Waals surface area contributed by atoms with Crippen molar-refractivity contribution in [3.05, 3.63) is 64.7 Å². The maximum absolute atomic E-state index is 5.54. The summed E-state index contributed by atoms with van der Waals surface area (Å²) < 4.78 is 5.54. The number of aryl methyl sites for hydroxylation is 1. The van der Waals surface area contributed by atoms with Crippen molar-refractivity contribution < 1.29 is 4.74 Å². The standard InChI is InChI=1S/C18H21NO/c1-13-5-3-4-6-17(13)14(2)19-12-15-7-8-18-16(11-15)9-10-20-18/h3-8,11,14,19H,9-10,12H2,1-2H3. The molecule has 0 aromatic heterocycles. The Morgan fingerprint density at radius 2 is 2.05 bits per heavy atom. The fourth-order valence-corrected chi connectivity index (χ4v) is 2.80. The smallest absolute Gasteiger partial charge is 0.122 e. The molecule has 1 N–H and O–H groups in total. The fourth-order valence-electron chi connectivity index (χ4n) is 2.80. The summed E-state index contributed by atoms with van der Waals surface area (Å²) in [6.07, 6.45) is 1.04. The second-order valence-corrected chi connectivity index (χ2v) is 5.50. The van der Waals surface area contributed by atoms with E-state index in [1.165, 1.54) is 22.3 Å². The third-order valence-electron chi connectivity index (χ3n) is 4.02. The Morgan fingerprint density at radius 3 is 2.90 bits per heavy atom. The fraction of sp³-hybridized carbons (Fsp3) is 0.333. The van der Waals surface area contributed by atoms with Gasteiger partial charge in [-0.1, -0.05) is 36.4 Å². The summed E-state index contributed by atoms with van der Waals surface area (Å²) in [5, 5.41) is 3.61. The van der Waals surface area contributed by atoms with E-state index >= 15 is 0 Å². The van der Waals surface area contributed by atoms with Crippen LogP contribution in [0.5, 0.6) is 5.75 Å². The lowest BCUT2D eigenvalue weighted by Gasteiger charge is -2.17. The molecule has 0 fully saturated rings. The van der Waals surface area contributed by atoms with E-state index < -0.39 is 0 Å². The van der Waals surface area contributed by atoms with Gasteiger partial charge in [0.2, 0.25) is 0 Å². The van der Waals surface area contributed by atoms with Crippen molar-refractivity contribution in [2.24, 2.45) is 0 Å². The molecule has 0 spiro atoms. The van der Waals surface area contributed by atoms with Crippen LogP contribution in [0.1, 0.15) is 35.2 Å². The van der Waals surface area contributed by atoms with Crippen LogP contribution in [0.2, 0.25) is 0 Å². The molecule has 0 radical (unpaired) electrons. The molecule has 0 saturated carbocycles. The summed E-state index contributed by atoms with van der Waals surface area (Å²) in [5.74, 6) is 1.06. The molecule has 2 aromatic rings. The number of fused-ring (bicyclic) bond motifs is 1. The number of benzene rings is 2. The van der Waals surface area contributed by atoms with Crippen LogP contribution in [-0.4, -0.2) is 6.61 Å². The van der Waals surface area contributed by atoms with E-state index in [-0.39, 0.29) is 0 Å². The number of hydrogen-bond acceptors (Lipinski definition) is 2. The average molecular weight is 267 g/mol. The van der Waals surface area contributed by atoms with E-state index in [2.05, 4.69) is 61.6 Å². The van der Waals surface area contributed by atoms with Crippen LogP contribution in [0.15, 0.2) is 42.5 Å². The van der Waals surface area contributed by atoms with Crippen molar-refractivity contribution >= 4 is 0 Å². The monoisotopic (exact) mass is 267 g/mol. The minimum absolute atomic E-state index is 0.362. The molecule has 104 valence electrons. The second-order valence-electron chi connectivity index (χ2n) is 5.50. The molecule has 1 unspecified atom stereocenters. The van der Waals surface area contributed by atoms with E-state index in [1.807, 2.05) is 0 Å². The summed E-state index contributed by atoms with van der Waals surface area (Å²) in [6, 6.07) is 15.4. The van der Waals surface area contributed by atoms with Crippen LogP contribution in [0.4, 0.5) is 0 Å². The van der Waals surface area contributed by atoms with Gasteiger partial charge in [0.1, 0.15) is 5.75 Å². The molecule has 0 amide bonds. The van der Waals surface area contributed by atoms with Gasteiger partial charge < -0.3 is 10.1 Å². The van der Waals surface area contributed by atoms with E-state index in [0.29, 0.717) is 6.04 Å². The van der Waals surface area contributed by atoms with E-state index in [9.17, 15) is 0 Å². The quantitative estimate of drug-likeness (QED) is 0.910. The second kappa shape index (κ2) is 5.68. The average Bonchev–Trinajstić information content (AvgIpc) is 2.92. The van der Waals surface area contributed by atoms with E-state index in [4.69, 9.17) is 4.74 Å². The highest BCUT2D eigenvalue weighted by molar-refractivity contribution is 5.39. The molecule has 1 atom stereocenters. The highest BCUT2D eigenvalue weighted by Crippen LogP contribution is 2.26. The first kappa shape index (κ1) is 13.2. The van der Waals surface area contributed by atoms with Gasteiger partial charge in [0.05, 0.1) is 6.61 Å². The summed E-state index contributed by atoms with van der Waals surface area (Å²) in [7, 11) is 0. The van der Waals surface area contributed by atoms with Gasteiger partial charge in [-0.15, -0.1) is 0 Å². The Morgan fingerprint density at radius 1 is 1.20 bits per heavy atom. The molecular weight excluding hydrogens is 246 g/mol. The first-order valence-corrected chi connectivity index (χ1v) is 7.27. The third kappa shape index (κ3) is 2.70. The zero-order chi connectivity index (χ0) is 13.9. The third-order valence-corrected chi connectivity index (χ3v) is 4.02. The largest absolute Gasteiger partial charge is 0.493 e. The van der Waals surface area contributed by atoms with Crippen molar-refractivity contribution in [2.75, 3.05) is 6.61 Å². The van der Waals surface area contributed by atoms with Crippen LogP contribution >= 0.6 is 0 Å². The van der Waals surface area contributed by atoms with Crippen molar-refractivity contribution in [1.29, 1.82) is 0 Å². The highest BCUT2D eigenvalue weighted by Gasteiger charge is 2.12. The van der Waals surface area contributed by atoms with Crippen LogP contribution in [0.25, 0.3) is 0 Å². The number of ether oxygens (including phenoxy) is 1. The SMILES string of the molecule is Cc1ccccc1C(C)NCc1ccc2c(c1)CCO2. The molecule has 20 heavy (non-hydrogen) atoms. The van der Waals surface area contributed by atoms with Gasteiger partial charge in [-0.3, -0.25) is 0 Å². The lowest BCUT2D eigenvalue weighted by molar-refractivity contribution is 0.357. The molecule has 2 aromatic carbocycles. The summed E-state index contributed by atoms with van der Waals surface area (Å²) in [4.78, 5) is 0. The van der Waals surface area contributed by atoms with Crippen LogP contribution in [0.3, 0.4) is 0 Å². The number of rotatable bonds is 4. The van der Waals surface area contributed by atoms with Crippen molar-refractivity contribution in [3.8, 4) is 5.75 Å². The molecular formula is C18H21NO. The molecule has 3 rings (SSSR count). The summed E-state index contributed by atoms with van der Waals surface area (Å²) in [5.41, 5.74) is 5.38. The molecule has 0 saturated heterocycles. The van der Waals surface area contributed by atoms with Gasteiger partial charge in [0.25, 0.3) is 0 Å². The molecule has 1 aliphatic rings. The summed E-state index contributed by atoms with van der Waals surface area (Å²) in [6.45, 7) is 6.10. The Hall–Kier alpha value is -1.80. The maximum atomic E-state index is 5.54. The summed E-state index contributed by atoms with van der Waals surface area (Å²) >= 11 is 0. The Bertz CT molecular complexity index is 606. The van der Waals surface area contributed by atoms with E-state index in [0.717, 1.165) is 25.3 Å². The normalized spacial score (nSPS) is 14.7. The first-order valence-electron chi connectivity index (χ1n) is 7.27. The van der Waals surface area contributed by atoms with Crippen LogP contribution in [-0.2, 0) is 13.0 Å². The molecule has 0 aliphatic carbocycles. The topological polar surface area (TPSA) is 21.3 Å². The van der Waals surface area contributed by atoms with Gasteiger partial charge in [-0.25, -0.2) is 0 Å². The minimum atomic E-state index is 0.362. The lowest BCUT2D eigenvalue weighted by Crippen LogP contribution is -2.18. The van der Waals surface area contributed by atoms with Crippen LogP contribution in [0, 0.1) is 6.92 Å². The number of nitrogens with one attached hydrogen (secondary N) is 1. The van der Waals surface area contributed by atoms with Gasteiger partial charge in [0, 0.05) is 19.0 Å². The van der Waals surface area contributed by atoms with E-state index in [1.54, 1.807) is 0 Å². The van der Waals surface area contributed by atoms with Gasteiger partial charge in [-0.05, 0) is 42.2 Å². The number of hydrogen-bond donors (Lipinski definition) is 1. The minimum Gasteiger partial charge on any atom is -0.493 e. The van der Waals surface area contributed by atoms with Crippen molar-refractivity contribution in [2.45, 2.75) is 32.9 Å². The maximum Gasteiger partial charge on any atom is 0.122 e. The van der Waals surface area contributed by atoms with Gasteiger partial charge >= 0.3 is 0 Å². The van der Waals surface area contributed by atoms with Gasteiger partial charge in [-0.2, -0.15) is 0 Å². The Balaban J connectivity index is 1.66. The highest BCUT2D eigenvalue weighted by atomic mass is 16.5. The predicted molar refractivity (Wildman–Crippen MR) is 82.1 cm³/mol. The van der Waals surface area contributed by atoms with Gasteiger partial charge in [0.15, 0.2) is 0 Å². The Labute approximate surface area is 120 Å². The Kier molecular flexibility index (Phi) is 3.75. The van der Waals surface area contributed by atoms with Crippen LogP contribution < -0.4 is 10.1 Å².